The standard InChI is InChI=1S/C31H26ClF4N5O4/c1-37-21-8-12-38-26(17-21)41-25(9-13-45-30(41)44)29(43)40(22-15-18(33)14-19(34)16-22)27(23-4-2-3-5-24(23)32)28(42)39-20-6-10-31(35,36)11-7-20/h2-5,8,12,14-17,20,25,27H,6-7,9-11,13H2,(H,39,42)/t25-,27-/m0/s1. The summed E-state index contributed by atoms with van der Waals surface area (Å²) in [4.78, 5) is 51.0. The molecule has 1 aliphatic heterocycles. The molecule has 14 heteroatoms. The van der Waals surface area contributed by atoms with Crippen LogP contribution >= 0.6 is 11.6 Å². The molecule has 9 nitrogen and oxygen atoms in total. The van der Waals surface area contributed by atoms with Gasteiger partial charge in [-0.2, -0.15) is 0 Å². The molecule has 234 valence electrons. The first-order valence-corrected chi connectivity index (χ1v) is 14.4. The fraction of sp³-hybridized carbons (Fsp3) is 0.323. The molecule has 3 amide bonds. The Morgan fingerprint density at radius 2 is 1.78 bits per heavy atom. The van der Waals surface area contributed by atoms with Crippen LogP contribution in [-0.2, 0) is 14.3 Å². The first-order valence-electron chi connectivity index (χ1n) is 14.0. The van der Waals surface area contributed by atoms with Gasteiger partial charge in [-0.15, -0.1) is 0 Å². The molecule has 3 aromatic rings. The minimum atomic E-state index is -2.87. The number of nitrogens with one attached hydrogen (secondary N) is 1. The summed E-state index contributed by atoms with van der Waals surface area (Å²) in [6.07, 6.45) is -0.813. The Morgan fingerprint density at radius 3 is 2.44 bits per heavy atom. The van der Waals surface area contributed by atoms with Crippen LogP contribution in [0.5, 0.6) is 0 Å². The van der Waals surface area contributed by atoms with Gasteiger partial charge in [-0.3, -0.25) is 14.5 Å². The third-order valence-electron chi connectivity index (χ3n) is 7.65. The van der Waals surface area contributed by atoms with Crippen molar-refractivity contribution in [1.82, 2.24) is 10.3 Å². The quantitative estimate of drug-likeness (QED) is 0.227. The molecule has 0 bridgehead atoms. The Morgan fingerprint density at radius 1 is 1.09 bits per heavy atom. The van der Waals surface area contributed by atoms with Gasteiger partial charge in [0.1, 0.15) is 29.5 Å². The zero-order chi connectivity index (χ0) is 32.3. The number of carbonyl (C=O) groups excluding carboxylic acids is 3. The molecule has 2 heterocycles. The van der Waals surface area contributed by atoms with E-state index in [4.69, 9.17) is 22.9 Å². The largest absolute Gasteiger partial charge is 0.449 e. The number of carbonyl (C=O) groups is 3. The predicted molar refractivity (Wildman–Crippen MR) is 156 cm³/mol. The maximum absolute atomic E-state index is 14.7. The molecule has 1 saturated heterocycles. The molecule has 1 aromatic heterocycles. The fourth-order valence-electron chi connectivity index (χ4n) is 5.48. The van der Waals surface area contributed by atoms with Crippen molar-refractivity contribution in [3.05, 3.63) is 94.4 Å². The summed E-state index contributed by atoms with van der Waals surface area (Å²) >= 11 is 6.52. The van der Waals surface area contributed by atoms with Crippen LogP contribution in [0, 0.1) is 18.2 Å². The van der Waals surface area contributed by atoms with Crippen molar-refractivity contribution in [3.8, 4) is 0 Å². The van der Waals surface area contributed by atoms with Crippen LogP contribution in [0.1, 0.15) is 43.7 Å². The average molecular weight is 644 g/mol. The summed E-state index contributed by atoms with van der Waals surface area (Å²) < 4.78 is 62.3. The molecule has 45 heavy (non-hydrogen) atoms. The number of anilines is 2. The normalized spacial score (nSPS) is 18.8. The summed E-state index contributed by atoms with van der Waals surface area (Å²) in [5, 5.41) is 2.76. The van der Waals surface area contributed by atoms with E-state index in [1.54, 1.807) is 12.1 Å². The Hall–Kier alpha value is -4.70. The molecule has 0 spiro atoms. The summed E-state index contributed by atoms with van der Waals surface area (Å²) in [5.74, 6) is -6.86. The maximum Gasteiger partial charge on any atom is 0.416 e. The number of ether oxygens (including phenoxy) is 1. The van der Waals surface area contributed by atoms with Crippen LogP contribution in [0.25, 0.3) is 4.85 Å². The van der Waals surface area contributed by atoms with E-state index in [0.29, 0.717) is 6.07 Å². The van der Waals surface area contributed by atoms with Gasteiger partial charge in [0.15, 0.2) is 5.69 Å². The molecule has 2 aliphatic rings. The first-order chi connectivity index (χ1) is 21.5. The van der Waals surface area contributed by atoms with E-state index in [2.05, 4.69) is 15.1 Å². The molecule has 2 aromatic carbocycles. The lowest BCUT2D eigenvalue weighted by Crippen LogP contribution is -2.57. The second-order valence-electron chi connectivity index (χ2n) is 10.7. The number of halogens is 5. The van der Waals surface area contributed by atoms with Gasteiger partial charge in [0.05, 0.1) is 18.9 Å². The predicted octanol–water partition coefficient (Wildman–Crippen LogP) is 6.75. The third-order valence-corrected chi connectivity index (χ3v) is 7.99. The van der Waals surface area contributed by atoms with E-state index in [9.17, 15) is 31.9 Å². The van der Waals surface area contributed by atoms with Gasteiger partial charge in [0, 0.05) is 48.2 Å². The topological polar surface area (TPSA) is 96.2 Å². The molecule has 0 radical (unpaired) electrons. The second kappa shape index (κ2) is 13.1. The first kappa shape index (κ1) is 31.7. The lowest BCUT2D eigenvalue weighted by Gasteiger charge is -2.39. The number of nitrogens with zero attached hydrogens (tertiary/aromatic N) is 4. The number of pyridine rings is 1. The zero-order valence-electron chi connectivity index (χ0n) is 23.6. The van der Waals surface area contributed by atoms with Gasteiger partial charge in [0.2, 0.25) is 11.8 Å². The Labute approximate surface area is 260 Å². The van der Waals surface area contributed by atoms with Crippen molar-refractivity contribution >= 4 is 46.7 Å². The SMILES string of the molecule is [C-]#[N+]c1ccnc(N2C(=O)OCC[C@H]2C(=O)N(c2cc(F)cc(F)c2)[C@H](C(=O)NC2CCC(F)(F)CC2)c2ccccc2Cl)c1. The number of amides is 3. The van der Waals surface area contributed by atoms with Gasteiger partial charge in [0.25, 0.3) is 5.91 Å². The van der Waals surface area contributed by atoms with Crippen molar-refractivity contribution < 1.29 is 36.7 Å². The van der Waals surface area contributed by atoms with Gasteiger partial charge < -0.3 is 10.1 Å². The molecular weight excluding hydrogens is 618 g/mol. The van der Waals surface area contributed by atoms with Crippen LogP contribution in [0.2, 0.25) is 5.02 Å². The van der Waals surface area contributed by atoms with Gasteiger partial charge in [-0.1, -0.05) is 29.8 Å². The van der Waals surface area contributed by atoms with Crippen LogP contribution < -0.4 is 15.1 Å². The van der Waals surface area contributed by atoms with Crippen molar-refractivity contribution in [1.29, 1.82) is 0 Å². The van der Waals surface area contributed by atoms with Crippen molar-refractivity contribution in [2.45, 2.75) is 56.2 Å². The lowest BCUT2D eigenvalue weighted by atomic mass is 9.91. The number of rotatable bonds is 7. The van der Waals surface area contributed by atoms with Crippen LogP contribution in [-0.4, -0.2) is 47.5 Å². The summed E-state index contributed by atoms with van der Waals surface area (Å²) in [7, 11) is 0. The highest BCUT2D eigenvalue weighted by Gasteiger charge is 2.44. The van der Waals surface area contributed by atoms with E-state index < -0.39 is 66.4 Å². The Balaban J connectivity index is 1.63. The number of hydrogen-bond donors (Lipinski definition) is 1. The minimum Gasteiger partial charge on any atom is -0.449 e. The van der Waals surface area contributed by atoms with E-state index >= 15 is 0 Å². The Kier molecular flexibility index (Phi) is 9.24. The van der Waals surface area contributed by atoms with Gasteiger partial charge in [-0.05, 0) is 43.2 Å². The highest BCUT2D eigenvalue weighted by atomic mass is 35.5. The number of hydrogen-bond acceptors (Lipinski definition) is 5. The number of benzene rings is 2. The van der Waals surface area contributed by atoms with E-state index in [-0.39, 0.29) is 53.6 Å². The monoisotopic (exact) mass is 643 g/mol. The number of aromatic nitrogens is 1. The summed E-state index contributed by atoms with van der Waals surface area (Å²) in [6.45, 7) is 7.11. The molecule has 0 unspecified atom stereocenters. The summed E-state index contributed by atoms with van der Waals surface area (Å²) in [5.41, 5.74) is -0.177. The Bertz CT molecular complexity index is 1640. The third kappa shape index (κ3) is 7.01. The van der Waals surface area contributed by atoms with Crippen LogP contribution in [0.4, 0.5) is 39.5 Å². The fourth-order valence-corrected chi connectivity index (χ4v) is 5.72. The molecule has 1 saturated carbocycles. The van der Waals surface area contributed by atoms with Crippen molar-refractivity contribution in [2.24, 2.45) is 0 Å². The van der Waals surface area contributed by atoms with E-state index in [1.807, 2.05) is 0 Å². The van der Waals surface area contributed by atoms with Crippen LogP contribution in [0.15, 0.2) is 60.8 Å². The van der Waals surface area contributed by atoms with E-state index in [1.165, 1.54) is 30.5 Å². The average Bonchev–Trinajstić information content (AvgIpc) is 3.00. The van der Waals surface area contributed by atoms with Crippen LogP contribution in [0.3, 0.4) is 0 Å². The molecule has 2 fully saturated rings. The highest BCUT2D eigenvalue weighted by molar-refractivity contribution is 6.31. The molecule has 2 atom stereocenters. The van der Waals surface area contributed by atoms with Gasteiger partial charge in [-0.25, -0.2) is 37.1 Å². The molecule has 1 N–H and O–H groups in total. The van der Waals surface area contributed by atoms with Crippen molar-refractivity contribution in [2.75, 3.05) is 16.4 Å². The highest BCUT2D eigenvalue weighted by Crippen LogP contribution is 2.37. The second-order valence-corrected chi connectivity index (χ2v) is 11.1. The molecule has 1 aliphatic carbocycles. The molecular formula is C31H26ClF4N5O4. The minimum absolute atomic E-state index is 0.0360. The van der Waals surface area contributed by atoms with Gasteiger partial charge >= 0.3 is 6.09 Å². The number of alkyl halides is 2. The summed E-state index contributed by atoms with van der Waals surface area (Å²) in [6, 6.07) is 7.23. The molecule has 5 rings (SSSR count). The smallest absolute Gasteiger partial charge is 0.416 e. The van der Waals surface area contributed by atoms with E-state index in [0.717, 1.165) is 21.9 Å². The van der Waals surface area contributed by atoms with Crippen molar-refractivity contribution in [3.63, 3.8) is 0 Å². The lowest BCUT2D eigenvalue weighted by molar-refractivity contribution is -0.128. The zero-order valence-corrected chi connectivity index (χ0v) is 24.3. The number of cyclic esters (lactones) is 1. The maximum atomic E-state index is 14.7.